The van der Waals surface area contributed by atoms with Crippen LogP contribution in [0, 0.1) is 6.92 Å². The molecule has 0 aliphatic carbocycles. The Bertz CT molecular complexity index is 808. The molecule has 0 aliphatic rings. The summed E-state index contributed by atoms with van der Waals surface area (Å²) in [7, 11) is 4.27. The Hall–Kier alpha value is -2.96. The molecule has 0 radical (unpaired) electrons. The van der Waals surface area contributed by atoms with Crippen LogP contribution in [0.2, 0.25) is 0 Å². The van der Waals surface area contributed by atoms with Crippen molar-refractivity contribution in [2.45, 2.75) is 26.7 Å². The molecule has 140 valence electrons. The van der Waals surface area contributed by atoms with Gasteiger partial charge in [-0.25, -0.2) is 9.48 Å². The van der Waals surface area contributed by atoms with Gasteiger partial charge in [0.25, 0.3) is 0 Å². The number of nitrogens with zero attached hydrogens (tertiary/aromatic N) is 2. The number of rotatable bonds is 7. The third kappa shape index (κ3) is 4.17. The van der Waals surface area contributed by atoms with Crippen molar-refractivity contribution in [3.8, 4) is 17.2 Å². The second kappa shape index (κ2) is 8.42. The first-order valence-corrected chi connectivity index (χ1v) is 8.15. The molecule has 0 saturated heterocycles. The fourth-order valence-corrected chi connectivity index (χ4v) is 2.33. The van der Waals surface area contributed by atoms with Crippen LogP contribution in [0.3, 0.4) is 0 Å². The predicted molar refractivity (Wildman–Crippen MR) is 96.7 cm³/mol. The minimum absolute atomic E-state index is 0.0689. The molecule has 0 unspecified atom stereocenters. The van der Waals surface area contributed by atoms with Crippen LogP contribution in [0.5, 0.6) is 11.5 Å². The number of hydrogen-bond donors (Lipinski definition) is 0. The molecular weight excluding hydrogens is 336 g/mol. The average Bonchev–Trinajstić information content (AvgIpc) is 3.12. The Morgan fingerprint density at radius 1 is 1.19 bits per heavy atom. The molecule has 0 aliphatic heterocycles. The lowest BCUT2D eigenvalue weighted by molar-refractivity contribution is -0.138. The summed E-state index contributed by atoms with van der Waals surface area (Å²) in [4.78, 5) is 11.9. The zero-order chi connectivity index (χ0) is 19.3. The van der Waals surface area contributed by atoms with E-state index in [1.807, 2.05) is 25.3 Å². The van der Waals surface area contributed by atoms with Crippen molar-refractivity contribution in [2.75, 3.05) is 21.3 Å². The van der Waals surface area contributed by atoms with Gasteiger partial charge >= 0.3 is 5.97 Å². The van der Waals surface area contributed by atoms with Crippen molar-refractivity contribution in [1.82, 2.24) is 9.78 Å². The van der Waals surface area contributed by atoms with Gasteiger partial charge in [0, 0.05) is 23.9 Å². The predicted octanol–water partition coefficient (Wildman–Crippen LogP) is 3.35. The summed E-state index contributed by atoms with van der Waals surface area (Å²) in [5.41, 5.74) is 2.45. The van der Waals surface area contributed by atoms with Gasteiger partial charge in [-0.1, -0.05) is 13.8 Å². The van der Waals surface area contributed by atoms with E-state index in [0.29, 0.717) is 17.4 Å². The maximum Gasteiger partial charge on any atom is 0.377 e. The quantitative estimate of drug-likeness (QED) is 0.428. The summed E-state index contributed by atoms with van der Waals surface area (Å²) in [6.45, 7) is 5.99. The van der Waals surface area contributed by atoms with Gasteiger partial charge in [0.1, 0.15) is 17.8 Å². The molecule has 7 heteroatoms. The van der Waals surface area contributed by atoms with Gasteiger partial charge in [0.15, 0.2) is 0 Å². The highest BCUT2D eigenvalue weighted by Crippen LogP contribution is 2.32. The van der Waals surface area contributed by atoms with E-state index < -0.39 is 5.97 Å². The summed E-state index contributed by atoms with van der Waals surface area (Å²) < 4.78 is 22.5. The summed E-state index contributed by atoms with van der Waals surface area (Å²) in [6, 6.07) is 5.60. The Morgan fingerprint density at radius 2 is 1.88 bits per heavy atom. The highest BCUT2D eigenvalue weighted by molar-refractivity contribution is 5.86. The summed E-state index contributed by atoms with van der Waals surface area (Å²) in [5, 5.41) is 4.57. The van der Waals surface area contributed by atoms with Gasteiger partial charge in [-0.15, -0.1) is 0 Å². The van der Waals surface area contributed by atoms with Crippen LogP contribution in [0.4, 0.5) is 0 Å². The summed E-state index contributed by atoms with van der Waals surface area (Å²) >= 11 is 0. The molecule has 2 aromatic rings. The van der Waals surface area contributed by atoms with E-state index in [1.54, 1.807) is 17.9 Å². The minimum Gasteiger partial charge on any atom is -0.500 e. The molecule has 0 N–H and O–H groups in total. The lowest BCUT2D eigenvalue weighted by Crippen LogP contribution is -2.12. The normalized spacial score (nSPS) is 11.4. The minimum atomic E-state index is -0.642. The largest absolute Gasteiger partial charge is 0.500 e. The van der Waals surface area contributed by atoms with Crippen molar-refractivity contribution in [1.29, 1.82) is 0 Å². The van der Waals surface area contributed by atoms with Crippen molar-refractivity contribution in [3.05, 3.63) is 47.7 Å². The molecule has 0 atom stereocenters. The average molecular weight is 360 g/mol. The maximum atomic E-state index is 11.9. The van der Waals surface area contributed by atoms with Gasteiger partial charge in [-0.3, -0.25) is 0 Å². The van der Waals surface area contributed by atoms with E-state index in [4.69, 9.17) is 18.9 Å². The third-order valence-corrected chi connectivity index (χ3v) is 3.81. The smallest absolute Gasteiger partial charge is 0.377 e. The number of carbonyl (C=O) groups excluding carboxylic acids is 1. The van der Waals surface area contributed by atoms with Gasteiger partial charge in [-0.05, 0) is 18.9 Å². The zero-order valence-electron chi connectivity index (χ0n) is 15.9. The molecule has 2 rings (SSSR count). The topological polar surface area (TPSA) is 71.8 Å². The van der Waals surface area contributed by atoms with Crippen molar-refractivity contribution in [2.24, 2.45) is 0 Å². The molecule has 0 bridgehead atoms. The second-order valence-electron chi connectivity index (χ2n) is 5.92. The van der Waals surface area contributed by atoms with E-state index >= 15 is 0 Å². The number of hydrogen-bond acceptors (Lipinski definition) is 6. The lowest BCUT2D eigenvalue weighted by atomic mass is 10.1. The lowest BCUT2D eigenvalue weighted by Gasteiger charge is -2.15. The van der Waals surface area contributed by atoms with Gasteiger partial charge in [0.05, 0.1) is 32.7 Å². The molecule has 7 nitrogen and oxygen atoms in total. The SMILES string of the molecule is CO/C=C(\Oc1cc(-n2ccc(C(C)C)n2)cc(OC)c1C)C(=O)OC. The summed E-state index contributed by atoms with van der Waals surface area (Å²) in [5.74, 6) is 0.655. The highest BCUT2D eigenvalue weighted by atomic mass is 16.6. The fourth-order valence-electron chi connectivity index (χ4n) is 2.33. The van der Waals surface area contributed by atoms with Crippen LogP contribution in [0.15, 0.2) is 36.4 Å². The molecule has 1 aromatic heterocycles. The molecule has 1 heterocycles. The van der Waals surface area contributed by atoms with Crippen LogP contribution >= 0.6 is 0 Å². The van der Waals surface area contributed by atoms with E-state index in [9.17, 15) is 4.79 Å². The molecular formula is C19H24N2O5. The van der Waals surface area contributed by atoms with Crippen LogP contribution < -0.4 is 9.47 Å². The third-order valence-electron chi connectivity index (χ3n) is 3.81. The van der Waals surface area contributed by atoms with Crippen LogP contribution in [-0.4, -0.2) is 37.1 Å². The number of benzene rings is 1. The highest BCUT2D eigenvalue weighted by Gasteiger charge is 2.18. The number of ether oxygens (including phenoxy) is 4. The number of carbonyl (C=O) groups is 1. The van der Waals surface area contributed by atoms with Crippen molar-refractivity contribution < 1.29 is 23.7 Å². The van der Waals surface area contributed by atoms with E-state index in [2.05, 4.69) is 18.9 Å². The van der Waals surface area contributed by atoms with Crippen molar-refractivity contribution in [3.63, 3.8) is 0 Å². The zero-order valence-corrected chi connectivity index (χ0v) is 15.9. The van der Waals surface area contributed by atoms with Crippen molar-refractivity contribution >= 4 is 5.97 Å². The monoisotopic (exact) mass is 360 g/mol. The molecule has 0 fully saturated rings. The van der Waals surface area contributed by atoms with E-state index in [0.717, 1.165) is 16.9 Å². The second-order valence-corrected chi connectivity index (χ2v) is 5.92. The van der Waals surface area contributed by atoms with Crippen LogP contribution in [0.1, 0.15) is 31.0 Å². The van der Waals surface area contributed by atoms with E-state index in [-0.39, 0.29) is 5.76 Å². The number of esters is 1. The fraction of sp³-hybridized carbons (Fsp3) is 0.368. The summed E-state index contributed by atoms with van der Waals surface area (Å²) in [6.07, 6.45) is 3.06. The van der Waals surface area contributed by atoms with Gasteiger partial charge < -0.3 is 18.9 Å². The number of methoxy groups -OCH3 is 3. The standard InChI is InChI=1S/C19H24N2O5/c1-12(2)15-7-8-21(20-15)14-9-16(24-5)13(3)17(10-14)26-18(11-23-4)19(22)25-6/h7-12H,1-6H3/b18-11-. The Balaban J connectivity index is 2.48. The number of aromatic nitrogens is 2. The molecule has 0 saturated carbocycles. The molecule has 0 amide bonds. The van der Waals surface area contributed by atoms with Gasteiger partial charge in [0.2, 0.25) is 5.76 Å². The van der Waals surface area contributed by atoms with E-state index in [1.165, 1.54) is 20.5 Å². The Kier molecular flexibility index (Phi) is 6.27. The molecule has 0 spiro atoms. The van der Waals surface area contributed by atoms with Crippen LogP contribution in [-0.2, 0) is 14.3 Å². The molecule has 1 aromatic carbocycles. The maximum absolute atomic E-state index is 11.9. The Labute approximate surface area is 153 Å². The first-order valence-electron chi connectivity index (χ1n) is 8.15. The Morgan fingerprint density at radius 3 is 2.42 bits per heavy atom. The van der Waals surface area contributed by atoms with Gasteiger partial charge in [-0.2, -0.15) is 5.10 Å². The first kappa shape index (κ1) is 19.4. The van der Waals surface area contributed by atoms with Crippen LogP contribution in [0.25, 0.3) is 5.69 Å². The first-order chi connectivity index (χ1) is 12.4. The molecule has 26 heavy (non-hydrogen) atoms.